The predicted octanol–water partition coefficient (Wildman–Crippen LogP) is 6.53. The molecule has 38 heavy (non-hydrogen) atoms. The van der Waals surface area contributed by atoms with E-state index >= 15 is 0 Å². The summed E-state index contributed by atoms with van der Waals surface area (Å²) in [5.74, 6) is -3.83. The van der Waals surface area contributed by atoms with Gasteiger partial charge in [0.05, 0.1) is 7.11 Å². The SMILES string of the molecule is COCOc1cc2c(cc1F)C=C(Br)C21CCC(C(=O)OC)(N(C(=O)C(F)(F)F)c2cccc(Cl)c2)CC1. The molecule has 2 aliphatic carbocycles. The number of halogens is 6. The van der Waals surface area contributed by atoms with Crippen LogP contribution >= 0.6 is 27.5 Å². The van der Waals surface area contributed by atoms with Gasteiger partial charge in [0.25, 0.3) is 0 Å². The number of nitrogens with zero attached hydrogens (tertiary/aromatic N) is 1. The summed E-state index contributed by atoms with van der Waals surface area (Å²) < 4.78 is 72.1. The summed E-state index contributed by atoms with van der Waals surface area (Å²) in [5, 5.41) is 0.0933. The lowest BCUT2D eigenvalue weighted by molar-refractivity contribution is -0.174. The molecule has 1 amide bonds. The van der Waals surface area contributed by atoms with Crippen molar-refractivity contribution < 1.29 is 41.4 Å². The van der Waals surface area contributed by atoms with Gasteiger partial charge in [-0.1, -0.05) is 33.6 Å². The van der Waals surface area contributed by atoms with Gasteiger partial charge < -0.3 is 14.2 Å². The summed E-state index contributed by atoms with van der Waals surface area (Å²) >= 11 is 9.61. The number of benzene rings is 2. The van der Waals surface area contributed by atoms with Gasteiger partial charge in [-0.25, -0.2) is 9.18 Å². The maximum Gasteiger partial charge on any atom is 0.471 e. The number of carbonyl (C=O) groups excluding carboxylic acids is 2. The third-order valence-electron chi connectivity index (χ3n) is 7.13. The number of esters is 1. The van der Waals surface area contributed by atoms with Crippen LogP contribution < -0.4 is 9.64 Å². The Morgan fingerprint density at radius 2 is 1.79 bits per heavy atom. The minimum absolute atomic E-state index is 0.0433. The third kappa shape index (κ3) is 4.80. The molecule has 0 atom stereocenters. The van der Waals surface area contributed by atoms with Crippen LogP contribution in [0.1, 0.15) is 36.8 Å². The molecule has 0 aliphatic heterocycles. The van der Waals surface area contributed by atoms with Gasteiger partial charge in [0.1, 0.15) is 5.54 Å². The number of allylic oxidation sites excluding steroid dienone is 1. The van der Waals surface area contributed by atoms with E-state index in [4.69, 9.17) is 25.8 Å². The second kappa shape index (κ2) is 10.5. The zero-order valence-electron chi connectivity index (χ0n) is 20.3. The summed E-state index contributed by atoms with van der Waals surface area (Å²) in [6.45, 7) is -0.184. The van der Waals surface area contributed by atoms with Crippen LogP contribution in [0.2, 0.25) is 5.02 Å². The maximum absolute atomic E-state index is 14.6. The molecule has 0 aromatic heterocycles. The molecule has 12 heteroatoms. The number of amides is 1. The first-order chi connectivity index (χ1) is 17.9. The third-order valence-corrected chi connectivity index (χ3v) is 8.35. The fourth-order valence-corrected chi connectivity index (χ4v) is 6.39. The van der Waals surface area contributed by atoms with Gasteiger partial charge in [0.15, 0.2) is 18.4 Å². The Balaban J connectivity index is 1.80. The van der Waals surface area contributed by atoms with Crippen molar-refractivity contribution in [2.75, 3.05) is 25.9 Å². The maximum atomic E-state index is 14.6. The zero-order valence-corrected chi connectivity index (χ0v) is 22.7. The topological polar surface area (TPSA) is 65.1 Å². The number of methoxy groups -OCH3 is 2. The summed E-state index contributed by atoms with van der Waals surface area (Å²) in [6.07, 6.45) is -3.61. The molecule has 0 radical (unpaired) electrons. The largest absolute Gasteiger partial charge is 0.471 e. The Hall–Kier alpha value is -2.63. The van der Waals surface area contributed by atoms with Gasteiger partial charge in [-0.15, -0.1) is 0 Å². The van der Waals surface area contributed by atoms with Gasteiger partial charge in [0.2, 0.25) is 0 Å². The van der Waals surface area contributed by atoms with E-state index in [1.165, 1.54) is 43.5 Å². The highest BCUT2D eigenvalue weighted by atomic mass is 79.9. The minimum atomic E-state index is -5.27. The second-order valence-electron chi connectivity index (χ2n) is 9.14. The van der Waals surface area contributed by atoms with Gasteiger partial charge in [0, 0.05) is 27.7 Å². The first-order valence-corrected chi connectivity index (χ1v) is 12.7. The lowest BCUT2D eigenvalue weighted by Crippen LogP contribution is -2.63. The number of anilines is 1. The van der Waals surface area contributed by atoms with Crippen molar-refractivity contribution in [1.82, 2.24) is 0 Å². The molecule has 2 aromatic rings. The molecule has 0 N–H and O–H groups in total. The molecule has 2 aliphatic rings. The normalized spacial score (nSPS) is 22.6. The number of alkyl halides is 3. The average molecular weight is 621 g/mol. The van der Waals surface area contributed by atoms with Crippen molar-refractivity contribution in [3.8, 4) is 5.75 Å². The molecule has 1 spiro atoms. The first kappa shape index (κ1) is 28.4. The molecule has 0 saturated heterocycles. The molecule has 1 fully saturated rings. The van der Waals surface area contributed by atoms with Gasteiger partial charge in [-0.2, -0.15) is 13.2 Å². The lowest BCUT2D eigenvalue weighted by Gasteiger charge is -2.49. The monoisotopic (exact) mass is 619 g/mol. The average Bonchev–Trinajstić information content (AvgIpc) is 3.12. The Bertz CT molecular complexity index is 1290. The van der Waals surface area contributed by atoms with E-state index in [2.05, 4.69) is 15.9 Å². The second-order valence-corrected chi connectivity index (χ2v) is 10.4. The van der Waals surface area contributed by atoms with Crippen LogP contribution in [-0.4, -0.2) is 44.6 Å². The molecule has 204 valence electrons. The van der Waals surface area contributed by atoms with Gasteiger partial charge >= 0.3 is 18.1 Å². The number of rotatable bonds is 6. The Kier molecular flexibility index (Phi) is 7.84. The van der Waals surface area contributed by atoms with E-state index < -0.39 is 34.8 Å². The highest BCUT2D eigenvalue weighted by Gasteiger charge is 2.59. The predicted molar refractivity (Wildman–Crippen MR) is 136 cm³/mol. The highest BCUT2D eigenvalue weighted by Crippen LogP contribution is 2.57. The number of fused-ring (bicyclic) bond motifs is 2. The van der Waals surface area contributed by atoms with Crippen LogP contribution in [-0.2, 0) is 24.5 Å². The smallest absolute Gasteiger partial charge is 0.467 e. The lowest BCUT2D eigenvalue weighted by atomic mass is 9.64. The van der Waals surface area contributed by atoms with Crippen molar-refractivity contribution in [1.29, 1.82) is 0 Å². The molecule has 1 saturated carbocycles. The van der Waals surface area contributed by atoms with E-state index in [9.17, 15) is 27.2 Å². The van der Waals surface area contributed by atoms with Crippen LogP contribution in [0, 0.1) is 5.82 Å². The van der Waals surface area contributed by atoms with Crippen LogP contribution in [0.5, 0.6) is 5.75 Å². The van der Waals surface area contributed by atoms with Crippen LogP contribution in [0.3, 0.4) is 0 Å². The fourth-order valence-electron chi connectivity index (χ4n) is 5.35. The van der Waals surface area contributed by atoms with E-state index in [1.807, 2.05) is 0 Å². The summed E-state index contributed by atoms with van der Waals surface area (Å²) in [7, 11) is 2.46. The van der Waals surface area contributed by atoms with Gasteiger partial charge in [-0.05, 0) is 73.2 Å². The summed E-state index contributed by atoms with van der Waals surface area (Å²) in [5.41, 5.74) is -1.68. The van der Waals surface area contributed by atoms with E-state index in [-0.39, 0.29) is 48.9 Å². The standard InChI is InChI=1S/C26H23BrClF4NO5/c1-36-14-38-20-13-18-15(10-19(20)29)11-21(27)24(18)6-8-25(9-7-24,23(35)37-2)33(22(34)26(30,31)32)17-5-3-4-16(28)12-17/h3-5,10-13H,6-9,14H2,1-2H3. The van der Waals surface area contributed by atoms with Crippen LogP contribution in [0.25, 0.3) is 6.08 Å². The van der Waals surface area contributed by atoms with Crippen molar-refractivity contribution in [3.05, 3.63) is 62.8 Å². The van der Waals surface area contributed by atoms with Gasteiger partial charge in [-0.3, -0.25) is 9.69 Å². The fraction of sp³-hybridized carbons (Fsp3) is 0.385. The molecule has 4 rings (SSSR count). The Labute approximate surface area is 229 Å². The van der Waals surface area contributed by atoms with Crippen molar-refractivity contribution in [2.45, 2.75) is 42.8 Å². The van der Waals surface area contributed by atoms with E-state index in [0.717, 1.165) is 7.11 Å². The molecule has 0 heterocycles. The molecular weight excluding hydrogens is 598 g/mol. The minimum Gasteiger partial charge on any atom is -0.467 e. The van der Waals surface area contributed by atoms with Crippen molar-refractivity contribution >= 4 is 51.2 Å². The Morgan fingerprint density at radius 1 is 1.11 bits per heavy atom. The van der Waals surface area contributed by atoms with Crippen molar-refractivity contribution in [3.63, 3.8) is 0 Å². The summed E-state index contributed by atoms with van der Waals surface area (Å²) in [6, 6.07) is 8.17. The zero-order chi connectivity index (χ0) is 27.9. The van der Waals surface area contributed by atoms with E-state index in [1.54, 1.807) is 6.08 Å². The first-order valence-electron chi connectivity index (χ1n) is 11.5. The molecule has 2 aromatic carbocycles. The van der Waals surface area contributed by atoms with E-state index in [0.29, 0.717) is 20.5 Å². The number of ether oxygens (including phenoxy) is 3. The highest BCUT2D eigenvalue weighted by molar-refractivity contribution is 9.11. The number of carbonyl (C=O) groups is 2. The van der Waals surface area contributed by atoms with Crippen LogP contribution in [0.15, 0.2) is 40.9 Å². The molecule has 0 unspecified atom stereocenters. The molecule has 0 bridgehead atoms. The number of hydrogen-bond acceptors (Lipinski definition) is 5. The number of hydrogen-bond donors (Lipinski definition) is 0. The summed E-state index contributed by atoms with van der Waals surface area (Å²) in [4.78, 5) is 26.5. The Morgan fingerprint density at radius 3 is 2.37 bits per heavy atom. The molecule has 6 nitrogen and oxygen atoms in total. The van der Waals surface area contributed by atoms with Crippen molar-refractivity contribution in [2.24, 2.45) is 0 Å². The molecular formula is C26H23BrClF4NO5. The van der Waals surface area contributed by atoms with Crippen LogP contribution in [0.4, 0.5) is 23.2 Å². The quantitative estimate of drug-likeness (QED) is 0.209.